The summed E-state index contributed by atoms with van der Waals surface area (Å²) in [5.41, 5.74) is 1.65. The standard InChI is InChI=1S/C24H22ClFN2O6S/c1-13(2)18-9-15(26)10-19(14-6-7-27-23(8-14)34-3)20(18)12-22(29)28-35(32,33)16-4-5-17(24(30)31)21(25)11-16/h4-11,13H,12H2,1-3H3,(H,28,29)(H,30,31). The van der Waals surface area contributed by atoms with E-state index < -0.39 is 27.7 Å². The summed E-state index contributed by atoms with van der Waals surface area (Å²) in [5.74, 6) is -2.57. The van der Waals surface area contributed by atoms with Gasteiger partial charge in [0.05, 0.1) is 29.0 Å². The van der Waals surface area contributed by atoms with E-state index in [1.165, 1.54) is 25.4 Å². The van der Waals surface area contributed by atoms with Gasteiger partial charge in [0.25, 0.3) is 10.0 Å². The summed E-state index contributed by atoms with van der Waals surface area (Å²) in [4.78, 5) is 27.7. The minimum absolute atomic E-state index is 0.171. The maximum absolute atomic E-state index is 14.5. The van der Waals surface area contributed by atoms with Crippen molar-refractivity contribution in [3.8, 4) is 17.0 Å². The number of pyridine rings is 1. The van der Waals surface area contributed by atoms with Crippen LogP contribution in [0.5, 0.6) is 5.88 Å². The second-order valence-electron chi connectivity index (χ2n) is 7.91. The first-order valence-electron chi connectivity index (χ1n) is 10.3. The fraction of sp³-hybridized carbons (Fsp3) is 0.208. The molecular formula is C24H22ClFN2O6S. The van der Waals surface area contributed by atoms with Crippen molar-refractivity contribution in [1.82, 2.24) is 9.71 Å². The SMILES string of the molecule is COc1cc(-c2cc(F)cc(C(C)C)c2CC(=O)NS(=O)(=O)c2ccc(C(=O)O)c(Cl)c2)ccn1. The monoisotopic (exact) mass is 520 g/mol. The van der Waals surface area contributed by atoms with Crippen molar-refractivity contribution < 1.29 is 32.2 Å². The van der Waals surface area contributed by atoms with Crippen LogP contribution in [0, 0.1) is 5.82 Å². The first-order valence-corrected chi connectivity index (χ1v) is 12.2. The molecule has 0 saturated heterocycles. The number of aromatic carboxylic acids is 1. The van der Waals surface area contributed by atoms with Gasteiger partial charge in [-0.15, -0.1) is 0 Å². The van der Waals surface area contributed by atoms with E-state index in [-0.39, 0.29) is 33.7 Å². The Morgan fingerprint density at radius 2 is 1.89 bits per heavy atom. The molecule has 11 heteroatoms. The lowest BCUT2D eigenvalue weighted by Gasteiger charge is -2.18. The van der Waals surface area contributed by atoms with Gasteiger partial charge in [0.15, 0.2) is 0 Å². The van der Waals surface area contributed by atoms with Gasteiger partial charge < -0.3 is 9.84 Å². The number of ether oxygens (including phenoxy) is 1. The van der Waals surface area contributed by atoms with Crippen molar-refractivity contribution >= 4 is 33.5 Å². The second kappa shape index (κ2) is 10.4. The molecule has 1 amide bonds. The normalized spacial score (nSPS) is 11.4. The molecule has 0 radical (unpaired) electrons. The Morgan fingerprint density at radius 3 is 2.49 bits per heavy atom. The Hall–Kier alpha value is -3.50. The average molecular weight is 521 g/mol. The Bertz CT molecular complexity index is 1410. The number of hydrogen-bond donors (Lipinski definition) is 2. The maximum Gasteiger partial charge on any atom is 0.337 e. The minimum Gasteiger partial charge on any atom is -0.481 e. The van der Waals surface area contributed by atoms with Crippen LogP contribution < -0.4 is 9.46 Å². The van der Waals surface area contributed by atoms with E-state index in [2.05, 4.69) is 4.98 Å². The molecule has 1 heterocycles. The Balaban J connectivity index is 1.99. The molecule has 0 fully saturated rings. The van der Waals surface area contributed by atoms with Crippen LogP contribution in [0.1, 0.15) is 41.3 Å². The number of nitrogens with one attached hydrogen (secondary N) is 1. The number of halogens is 2. The lowest BCUT2D eigenvalue weighted by atomic mass is 9.88. The maximum atomic E-state index is 14.5. The number of aromatic nitrogens is 1. The molecule has 0 atom stereocenters. The summed E-state index contributed by atoms with van der Waals surface area (Å²) < 4.78 is 47.1. The lowest BCUT2D eigenvalue weighted by Crippen LogP contribution is -2.32. The van der Waals surface area contributed by atoms with E-state index in [1.54, 1.807) is 12.1 Å². The molecule has 0 unspecified atom stereocenters. The van der Waals surface area contributed by atoms with Crippen molar-refractivity contribution in [3.05, 3.63) is 76.2 Å². The van der Waals surface area contributed by atoms with Crippen LogP contribution in [0.4, 0.5) is 4.39 Å². The molecule has 3 rings (SSSR count). The van der Waals surface area contributed by atoms with Crippen molar-refractivity contribution in [1.29, 1.82) is 0 Å². The number of sulfonamides is 1. The van der Waals surface area contributed by atoms with Crippen molar-refractivity contribution in [2.24, 2.45) is 0 Å². The van der Waals surface area contributed by atoms with Gasteiger partial charge in [-0.05, 0) is 64.6 Å². The number of hydrogen-bond acceptors (Lipinski definition) is 6. The zero-order valence-electron chi connectivity index (χ0n) is 19.0. The van der Waals surface area contributed by atoms with E-state index in [9.17, 15) is 22.4 Å². The quantitative estimate of drug-likeness (QED) is 0.450. The largest absolute Gasteiger partial charge is 0.481 e. The highest BCUT2D eigenvalue weighted by Gasteiger charge is 2.23. The Labute approximate surface area is 206 Å². The molecule has 8 nitrogen and oxygen atoms in total. The molecule has 0 spiro atoms. The van der Waals surface area contributed by atoms with Crippen molar-refractivity contribution in [2.45, 2.75) is 31.1 Å². The summed E-state index contributed by atoms with van der Waals surface area (Å²) in [7, 11) is -2.92. The minimum atomic E-state index is -4.35. The zero-order chi connectivity index (χ0) is 25.9. The fourth-order valence-electron chi connectivity index (χ4n) is 3.56. The summed E-state index contributed by atoms with van der Waals surface area (Å²) in [5, 5.41) is 8.78. The van der Waals surface area contributed by atoms with Crippen LogP contribution in [-0.4, -0.2) is 37.5 Å². The molecule has 1 aromatic heterocycles. The lowest BCUT2D eigenvalue weighted by molar-refractivity contribution is -0.118. The molecular weight excluding hydrogens is 499 g/mol. The van der Waals surface area contributed by atoms with Gasteiger partial charge in [0.1, 0.15) is 5.82 Å². The molecule has 0 aliphatic carbocycles. The van der Waals surface area contributed by atoms with Crippen molar-refractivity contribution in [3.63, 3.8) is 0 Å². The summed E-state index contributed by atoms with van der Waals surface area (Å²) in [6.07, 6.45) is 1.11. The topological polar surface area (TPSA) is 123 Å². The van der Waals surface area contributed by atoms with Crippen LogP contribution in [0.3, 0.4) is 0 Å². The fourth-order valence-corrected chi connectivity index (χ4v) is 4.89. The number of carboxylic acids is 1. The highest BCUT2D eigenvalue weighted by Crippen LogP contribution is 2.33. The predicted molar refractivity (Wildman–Crippen MR) is 128 cm³/mol. The molecule has 2 N–H and O–H groups in total. The molecule has 0 aliphatic rings. The predicted octanol–water partition coefficient (Wildman–Crippen LogP) is 4.42. The molecule has 35 heavy (non-hydrogen) atoms. The first-order chi connectivity index (χ1) is 16.4. The van der Waals surface area contributed by atoms with E-state index in [1.807, 2.05) is 18.6 Å². The van der Waals surface area contributed by atoms with Gasteiger partial charge in [-0.25, -0.2) is 27.3 Å². The molecule has 184 valence electrons. The van der Waals surface area contributed by atoms with Gasteiger partial charge in [-0.3, -0.25) is 4.79 Å². The Morgan fingerprint density at radius 1 is 1.17 bits per heavy atom. The molecule has 3 aromatic rings. The third-order valence-corrected chi connectivity index (χ3v) is 6.88. The number of carbonyl (C=O) groups is 2. The molecule has 2 aromatic carbocycles. The van der Waals surface area contributed by atoms with Gasteiger partial charge in [0, 0.05) is 12.3 Å². The number of methoxy groups -OCH3 is 1. The van der Waals surface area contributed by atoms with Gasteiger partial charge in [0.2, 0.25) is 11.8 Å². The number of benzene rings is 2. The third-order valence-electron chi connectivity index (χ3n) is 5.19. The van der Waals surface area contributed by atoms with Crippen LogP contribution in [0.15, 0.2) is 53.6 Å². The first kappa shape index (κ1) is 26.1. The summed E-state index contributed by atoms with van der Waals surface area (Å²) >= 11 is 5.87. The van der Waals surface area contributed by atoms with Crippen LogP contribution >= 0.6 is 11.6 Å². The third kappa shape index (κ3) is 5.95. The van der Waals surface area contributed by atoms with Gasteiger partial charge in [-0.2, -0.15) is 0 Å². The number of rotatable bonds is 8. The number of amides is 1. The highest BCUT2D eigenvalue weighted by atomic mass is 35.5. The number of nitrogens with zero attached hydrogens (tertiary/aromatic N) is 1. The van der Waals surface area contributed by atoms with E-state index in [4.69, 9.17) is 21.4 Å². The Kier molecular flexibility index (Phi) is 7.76. The highest BCUT2D eigenvalue weighted by molar-refractivity contribution is 7.90. The summed E-state index contributed by atoms with van der Waals surface area (Å²) in [6, 6.07) is 8.82. The van der Waals surface area contributed by atoms with Crippen LogP contribution in [0.2, 0.25) is 5.02 Å². The smallest absolute Gasteiger partial charge is 0.337 e. The molecule has 0 bridgehead atoms. The van der Waals surface area contributed by atoms with E-state index >= 15 is 0 Å². The van der Waals surface area contributed by atoms with Crippen LogP contribution in [-0.2, 0) is 21.2 Å². The second-order valence-corrected chi connectivity index (χ2v) is 10.0. The number of carboxylic acid groups (broad SMARTS) is 1. The summed E-state index contributed by atoms with van der Waals surface area (Å²) in [6.45, 7) is 3.66. The zero-order valence-corrected chi connectivity index (χ0v) is 20.6. The van der Waals surface area contributed by atoms with E-state index in [0.29, 0.717) is 22.3 Å². The van der Waals surface area contributed by atoms with Crippen LogP contribution in [0.25, 0.3) is 11.1 Å². The molecule has 0 aliphatic heterocycles. The number of carbonyl (C=O) groups excluding carboxylic acids is 1. The van der Waals surface area contributed by atoms with Crippen molar-refractivity contribution in [2.75, 3.05) is 7.11 Å². The van der Waals surface area contributed by atoms with E-state index in [0.717, 1.165) is 18.2 Å². The molecule has 0 saturated carbocycles. The van der Waals surface area contributed by atoms with Gasteiger partial charge in [-0.1, -0.05) is 25.4 Å². The van der Waals surface area contributed by atoms with Gasteiger partial charge >= 0.3 is 5.97 Å². The average Bonchev–Trinajstić information content (AvgIpc) is 2.79.